The molecule has 1 heterocycles. The Hall–Kier alpha value is -1.95. The van der Waals surface area contributed by atoms with Crippen molar-refractivity contribution in [1.82, 2.24) is 0 Å². The van der Waals surface area contributed by atoms with Gasteiger partial charge in [0.15, 0.2) is 5.96 Å². The molecular formula is C15H12BrF2N3. The third-order valence-corrected chi connectivity index (χ3v) is 4.06. The molecule has 0 spiro atoms. The van der Waals surface area contributed by atoms with Gasteiger partial charge >= 0.3 is 0 Å². The first kappa shape index (κ1) is 14.0. The van der Waals surface area contributed by atoms with Gasteiger partial charge in [-0.15, -0.1) is 0 Å². The summed E-state index contributed by atoms with van der Waals surface area (Å²) in [7, 11) is 0. The van der Waals surface area contributed by atoms with Crippen LogP contribution in [0.2, 0.25) is 0 Å². The predicted octanol–water partition coefficient (Wildman–Crippen LogP) is 3.60. The van der Waals surface area contributed by atoms with E-state index < -0.39 is 0 Å². The molecule has 0 aliphatic carbocycles. The number of nitrogens with zero attached hydrogens (tertiary/aromatic N) is 2. The molecule has 2 aromatic carbocycles. The maximum absolute atomic E-state index is 13.7. The first-order valence-electron chi connectivity index (χ1n) is 6.36. The lowest BCUT2D eigenvalue weighted by Gasteiger charge is -2.26. The summed E-state index contributed by atoms with van der Waals surface area (Å²) in [5, 5.41) is 0. The topological polar surface area (TPSA) is 41.6 Å². The molecule has 2 aromatic rings. The normalized spacial score (nSPS) is 18.0. The Balaban J connectivity index is 1.98. The number of nitrogens with two attached hydrogens (primary N) is 1. The van der Waals surface area contributed by atoms with Crippen LogP contribution in [0.1, 0.15) is 11.6 Å². The molecule has 0 fully saturated rings. The molecule has 1 atom stereocenters. The van der Waals surface area contributed by atoms with E-state index in [4.69, 9.17) is 5.73 Å². The Kier molecular flexibility index (Phi) is 3.63. The van der Waals surface area contributed by atoms with E-state index in [9.17, 15) is 8.78 Å². The standard InChI is InChI=1S/C15H12BrF2N3/c16-12-6-1-9(7-13(12)18)14-8-20-15(19)21(14)11-4-2-10(17)3-5-11/h1-7,14H,8H2,(H2,19,20). The van der Waals surface area contributed by atoms with Gasteiger partial charge in [0.2, 0.25) is 0 Å². The number of anilines is 1. The van der Waals surface area contributed by atoms with Gasteiger partial charge in [-0.3, -0.25) is 4.99 Å². The summed E-state index contributed by atoms with van der Waals surface area (Å²) in [5.41, 5.74) is 7.42. The lowest BCUT2D eigenvalue weighted by atomic mass is 10.1. The highest BCUT2D eigenvalue weighted by Crippen LogP contribution is 2.32. The molecular weight excluding hydrogens is 340 g/mol. The molecule has 0 saturated carbocycles. The molecule has 2 N–H and O–H groups in total. The first-order chi connectivity index (χ1) is 10.1. The van der Waals surface area contributed by atoms with E-state index in [-0.39, 0.29) is 17.7 Å². The van der Waals surface area contributed by atoms with Gasteiger partial charge in [0.1, 0.15) is 11.6 Å². The smallest absolute Gasteiger partial charge is 0.196 e. The van der Waals surface area contributed by atoms with Gasteiger partial charge in [-0.1, -0.05) is 6.07 Å². The van der Waals surface area contributed by atoms with Crippen molar-refractivity contribution >= 4 is 27.6 Å². The summed E-state index contributed by atoms with van der Waals surface area (Å²) < 4.78 is 27.2. The lowest BCUT2D eigenvalue weighted by molar-refractivity contribution is 0.614. The van der Waals surface area contributed by atoms with E-state index in [1.807, 2.05) is 6.07 Å². The molecule has 1 aliphatic heterocycles. The summed E-state index contributed by atoms with van der Waals surface area (Å²) in [6, 6.07) is 10.7. The maximum atomic E-state index is 13.7. The summed E-state index contributed by atoms with van der Waals surface area (Å²) in [6.45, 7) is 0.435. The Morgan fingerprint density at radius 3 is 2.52 bits per heavy atom. The van der Waals surface area contributed by atoms with Crippen LogP contribution < -0.4 is 10.6 Å². The van der Waals surface area contributed by atoms with Crippen LogP contribution in [-0.4, -0.2) is 12.5 Å². The number of halogens is 3. The SMILES string of the molecule is NC1=NCC(c2ccc(Br)c(F)c2)N1c1ccc(F)cc1. The van der Waals surface area contributed by atoms with Crippen molar-refractivity contribution in [3.63, 3.8) is 0 Å². The van der Waals surface area contributed by atoms with Crippen molar-refractivity contribution in [2.45, 2.75) is 6.04 Å². The van der Waals surface area contributed by atoms with Gasteiger partial charge in [-0.2, -0.15) is 0 Å². The zero-order valence-corrected chi connectivity index (χ0v) is 12.5. The number of guanidine groups is 1. The number of benzene rings is 2. The second kappa shape index (κ2) is 5.44. The molecule has 0 radical (unpaired) electrons. The van der Waals surface area contributed by atoms with Crippen LogP contribution in [0.15, 0.2) is 51.9 Å². The van der Waals surface area contributed by atoms with Crippen LogP contribution >= 0.6 is 15.9 Å². The molecule has 0 saturated heterocycles. The predicted molar refractivity (Wildman–Crippen MR) is 82.2 cm³/mol. The number of aliphatic imine (C=N–C) groups is 1. The van der Waals surface area contributed by atoms with Crippen molar-refractivity contribution in [1.29, 1.82) is 0 Å². The Labute approximate surface area is 129 Å². The average Bonchev–Trinajstić information content (AvgIpc) is 2.85. The molecule has 6 heteroatoms. The molecule has 1 aliphatic rings. The zero-order chi connectivity index (χ0) is 15.0. The first-order valence-corrected chi connectivity index (χ1v) is 7.15. The van der Waals surface area contributed by atoms with E-state index in [1.54, 1.807) is 23.1 Å². The van der Waals surface area contributed by atoms with E-state index >= 15 is 0 Å². The Morgan fingerprint density at radius 1 is 1.14 bits per heavy atom. The fraction of sp³-hybridized carbons (Fsp3) is 0.133. The van der Waals surface area contributed by atoms with Crippen molar-refractivity contribution in [2.24, 2.45) is 10.7 Å². The minimum Gasteiger partial charge on any atom is -0.369 e. The van der Waals surface area contributed by atoms with E-state index in [0.29, 0.717) is 17.0 Å². The fourth-order valence-electron chi connectivity index (χ4n) is 2.39. The van der Waals surface area contributed by atoms with Crippen LogP contribution in [0.3, 0.4) is 0 Å². The molecule has 3 rings (SSSR count). The second-order valence-corrected chi connectivity index (χ2v) is 5.59. The molecule has 0 amide bonds. The van der Waals surface area contributed by atoms with Gasteiger partial charge in [-0.05, 0) is 57.9 Å². The molecule has 3 nitrogen and oxygen atoms in total. The summed E-state index contributed by atoms with van der Waals surface area (Å²) in [6.07, 6.45) is 0. The second-order valence-electron chi connectivity index (χ2n) is 4.73. The van der Waals surface area contributed by atoms with Gasteiger partial charge < -0.3 is 10.6 Å². The number of hydrogen-bond donors (Lipinski definition) is 1. The van der Waals surface area contributed by atoms with Gasteiger partial charge in [0, 0.05) is 5.69 Å². The molecule has 0 bridgehead atoms. The van der Waals surface area contributed by atoms with Crippen LogP contribution in [0, 0.1) is 11.6 Å². The van der Waals surface area contributed by atoms with Crippen molar-refractivity contribution in [3.05, 3.63) is 64.1 Å². The Morgan fingerprint density at radius 2 is 1.86 bits per heavy atom. The molecule has 1 unspecified atom stereocenters. The van der Waals surface area contributed by atoms with Crippen LogP contribution in [0.25, 0.3) is 0 Å². The summed E-state index contributed by atoms with van der Waals surface area (Å²) in [4.78, 5) is 6.00. The highest BCUT2D eigenvalue weighted by atomic mass is 79.9. The fourth-order valence-corrected chi connectivity index (χ4v) is 2.63. The molecule has 0 aromatic heterocycles. The van der Waals surface area contributed by atoms with E-state index in [2.05, 4.69) is 20.9 Å². The Bertz CT molecular complexity index is 701. The molecule has 108 valence electrons. The maximum Gasteiger partial charge on any atom is 0.196 e. The molecule has 21 heavy (non-hydrogen) atoms. The third-order valence-electron chi connectivity index (χ3n) is 3.42. The monoisotopic (exact) mass is 351 g/mol. The van der Waals surface area contributed by atoms with Crippen molar-refractivity contribution in [3.8, 4) is 0 Å². The minimum atomic E-state index is -0.336. The summed E-state index contributed by atoms with van der Waals surface area (Å²) >= 11 is 3.13. The average molecular weight is 352 g/mol. The number of rotatable bonds is 2. The quantitative estimate of drug-likeness (QED) is 0.897. The van der Waals surface area contributed by atoms with Gasteiger partial charge in [0.05, 0.1) is 17.1 Å². The van der Waals surface area contributed by atoms with E-state index in [0.717, 1.165) is 11.3 Å². The van der Waals surface area contributed by atoms with Gasteiger partial charge in [0.25, 0.3) is 0 Å². The largest absolute Gasteiger partial charge is 0.369 e. The van der Waals surface area contributed by atoms with Crippen LogP contribution in [-0.2, 0) is 0 Å². The zero-order valence-electron chi connectivity index (χ0n) is 10.9. The van der Waals surface area contributed by atoms with Crippen LogP contribution in [0.5, 0.6) is 0 Å². The highest BCUT2D eigenvalue weighted by Gasteiger charge is 2.29. The lowest BCUT2D eigenvalue weighted by Crippen LogP contribution is -2.36. The van der Waals surface area contributed by atoms with E-state index in [1.165, 1.54) is 18.2 Å². The third kappa shape index (κ3) is 2.63. The van der Waals surface area contributed by atoms with Crippen LogP contribution in [0.4, 0.5) is 14.5 Å². The van der Waals surface area contributed by atoms with Crippen molar-refractivity contribution < 1.29 is 8.78 Å². The van der Waals surface area contributed by atoms with Gasteiger partial charge in [-0.25, -0.2) is 8.78 Å². The van der Waals surface area contributed by atoms with Crippen molar-refractivity contribution in [2.75, 3.05) is 11.4 Å². The summed E-state index contributed by atoms with van der Waals surface area (Å²) in [5.74, 6) is -0.313. The number of hydrogen-bond acceptors (Lipinski definition) is 3. The highest BCUT2D eigenvalue weighted by molar-refractivity contribution is 9.10. The minimum absolute atomic E-state index is 0.196.